The van der Waals surface area contributed by atoms with E-state index in [0.717, 1.165) is 0 Å². The molecule has 2 amide bonds. The van der Waals surface area contributed by atoms with Crippen molar-refractivity contribution < 1.29 is 27.8 Å². The second kappa shape index (κ2) is 6.66. The van der Waals surface area contributed by atoms with Crippen LogP contribution in [0.4, 0.5) is 14.9 Å². The van der Waals surface area contributed by atoms with E-state index in [2.05, 4.69) is 5.32 Å². The summed E-state index contributed by atoms with van der Waals surface area (Å²) in [6.45, 7) is 1.78. The molecule has 0 bridgehead atoms. The Bertz CT molecular complexity index is 752. The van der Waals surface area contributed by atoms with Crippen LogP contribution in [0.5, 0.6) is 0 Å². The van der Waals surface area contributed by atoms with Gasteiger partial charge in [0, 0.05) is 23.6 Å². The fourth-order valence-corrected chi connectivity index (χ4v) is 4.17. The number of rotatable bonds is 4. The zero-order valence-electron chi connectivity index (χ0n) is 13.6. The maximum absolute atomic E-state index is 14.5. The standard InChI is InChI=1S/C16H19FN2O5S/c1-10(20)18-7-13-8-19(16(21)24-13)12-2-3-14(15(17)6-12)11-4-5-25(22,23)9-11/h2-3,6,9,13,22-23H,4-5,7-8H2,1H3,(H,18,20). The Balaban J connectivity index is 1.75. The average Bonchev–Trinajstić information content (AvgIpc) is 3.07. The molecule has 1 saturated heterocycles. The lowest BCUT2D eigenvalue weighted by atomic mass is 10.0. The number of hydrogen-bond donors (Lipinski definition) is 3. The van der Waals surface area contributed by atoms with Crippen molar-refractivity contribution in [3.63, 3.8) is 0 Å². The number of nitrogens with one attached hydrogen (secondary N) is 1. The van der Waals surface area contributed by atoms with Crippen LogP contribution in [0.25, 0.3) is 5.57 Å². The van der Waals surface area contributed by atoms with Crippen LogP contribution < -0.4 is 10.2 Å². The number of cyclic esters (lactones) is 1. The number of carbonyl (C=O) groups is 2. The van der Waals surface area contributed by atoms with Gasteiger partial charge < -0.3 is 10.1 Å². The fourth-order valence-electron chi connectivity index (χ4n) is 2.83. The van der Waals surface area contributed by atoms with Gasteiger partial charge in [-0.05, 0) is 30.2 Å². The first-order valence-electron chi connectivity index (χ1n) is 7.74. The summed E-state index contributed by atoms with van der Waals surface area (Å²) in [7, 11) is -2.76. The highest BCUT2D eigenvalue weighted by Gasteiger charge is 2.33. The van der Waals surface area contributed by atoms with Crippen LogP contribution in [0.1, 0.15) is 18.9 Å². The Morgan fingerprint density at radius 1 is 1.48 bits per heavy atom. The minimum Gasteiger partial charge on any atom is -0.442 e. The molecule has 136 valence electrons. The molecule has 3 N–H and O–H groups in total. The topological polar surface area (TPSA) is 99.1 Å². The van der Waals surface area contributed by atoms with Crippen molar-refractivity contribution in [2.24, 2.45) is 0 Å². The van der Waals surface area contributed by atoms with Gasteiger partial charge in [0.2, 0.25) is 5.91 Å². The van der Waals surface area contributed by atoms with Gasteiger partial charge in [0.15, 0.2) is 0 Å². The molecule has 9 heteroatoms. The zero-order chi connectivity index (χ0) is 18.2. The van der Waals surface area contributed by atoms with E-state index in [-0.39, 0.29) is 24.7 Å². The van der Waals surface area contributed by atoms with Crippen LogP contribution in [0, 0.1) is 5.82 Å². The van der Waals surface area contributed by atoms with E-state index in [0.29, 0.717) is 23.2 Å². The maximum Gasteiger partial charge on any atom is 0.414 e. The highest BCUT2D eigenvalue weighted by Crippen LogP contribution is 2.51. The zero-order valence-corrected chi connectivity index (χ0v) is 14.4. The van der Waals surface area contributed by atoms with Crippen molar-refractivity contribution >= 4 is 33.9 Å². The summed E-state index contributed by atoms with van der Waals surface area (Å²) >= 11 is 0. The van der Waals surface area contributed by atoms with Crippen LogP contribution in [0.2, 0.25) is 0 Å². The van der Waals surface area contributed by atoms with E-state index in [1.165, 1.54) is 29.4 Å². The van der Waals surface area contributed by atoms with E-state index in [1.807, 2.05) is 0 Å². The van der Waals surface area contributed by atoms with E-state index in [9.17, 15) is 23.1 Å². The summed E-state index contributed by atoms with van der Waals surface area (Å²) in [5.41, 5.74) is 1.20. The summed E-state index contributed by atoms with van der Waals surface area (Å²) < 4.78 is 38.9. The molecule has 0 saturated carbocycles. The van der Waals surface area contributed by atoms with Gasteiger partial charge in [-0.3, -0.25) is 18.8 Å². The van der Waals surface area contributed by atoms with E-state index >= 15 is 0 Å². The maximum atomic E-state index is 14.5. The number of anilines is 1. The fraction of sp³-hybridized carbons (Fsp3) is 0.375. The number of benzene rings is 1. The summed E-state index contributed by atoms with van der Waals surface area (Å²) in [5.74, 6) is -0.563. The van der Waals surface area contributed by atoms with Crippen molar-refractivity contribution in [1.29, 1.82) is 0 Å². The van der Waals surface area contributed by atoms with Crippen molar-refractivity contribution in [3.8, 4) is 0 Å². The molecule has 0 aromatic heterocycles. The molecule has 3 rings (SSSR count). The van der Waals surface area contributed by atoms with Crippen molar-refractivity contribution in [3.05, 3.63) is 35.0 Å². The van der Waals surface area contributed by atoms with Gasteiger partial charge in [-0.15, -0.1) is 0 Å². The molecular formula is C16H19FN2O5S. The Morgan fingerprint density at radius 3 is 2.84 bits per heavy atom. The van der Waals surface area contributed by atoms with Crippen LogP contribution >= 0.6 is 10.6 Å². The molecular weight excluding hydrogens is 351 g/mol. The van der Waals surface area contributed by atoms with Gasteiger partial charge in [0.05, 0.1) is 18.8 Å². The van der Waals surface area contributed by atoms with Crippen molar-refractivity contribution in [2.45, 2.75) is 19.4 Å². The monoisotopic (exact) mass is 370 g/mol. The molecule has 2 heterocycles. The predicted octanol–water partition coefficient (Wildman–Crippen LogP) is 2.78. The molecule has 7 nitrogen and oxygen atoms in total. The van der Waals surface area contributed by atoms with E-state index in [1.54, 1.807) is 6.07 Å². The van der Waals surface area contributed by atoms with Crippen LogP contribution in [0.15, 0.2) is 23.6 Å². The quantitative estimate of drug-likeness (QED) is 0.757. The van der Waals surface area contributed by atoms with E-state index in [4.69, 9.17) is 4.74 Å². The number of hydrogen-bond acceptors (Lipinski definition) is 5. The summed E-state index contributed by atoms with van der Waals surface area (Å²) in [6, 6.07) is 4.33. The van der Waals surface area contributed by atoms with Gasteiger partial charge in [0.25, 0.3) is 0 Å². The minimum absolute atomic E-state index is 0.197. The smallest absolute Gasteiger partial charge is 0.414 e. The first-order valence-corrected chi connectivity index (χ1v) is 9.52. The number of carbonyl (C=O) groups excluding carboxylic acids is 2. The largest absolute Gasteiger partial charge is 0.442 e. The van der Waals surface area contributed by atoms with Crippen molar-refractivity contribution in [2.75, 3.05) is 23.7 Å². The average molecular weight is 370 g/mol. The molecule has 1 aromatic carbocycles. The lowest BCUT2D eigenvalue weighted by molar-refractivity contribution is -0.119. The van der Waals surface area contributed by atoms with Gasteiger partial charge in [-0.2, -0.15) is 10.6 Å². The second-order valence-corrected chi connectivity index (χ2v) is 8.11. The highest BCUT2D eigenvalue weighted by atomic mass is 32.3. The molecule has 1 atom stereocenters. The lowest BCUT2D eigenvalue weighted by Crippen LogP contribution is -2.33. The molecule has 1 unspecified atom stereocenters. The third-order valence-electron chi connectivity index (χ3n) is 4.07. The van der Waals surface area contributed by atoms with Crippen LogP contribution in [-0.4, -0.2) is 46.1 Å². The number of ether oxygens (including phenoxy) is 1. The minimum atomic E-state index is -2.76. The summed E-state index contributed by atoms with van der Waals surface area (Å²) in [6.07, 6.45) is -0.704. The summed E-state index contributed by atoms with van der Waals surface area (Å²) in [5, 5.41) is 3.89. The Hall–Kier alpha value is -2.10. The number of allylic oxidation sites excluding steroid dienone is 1. The molecule has 0 radical (unpaired) electrons. The van der Waals surface area contributed by atoms with Gasteiger partial charge in [-0.1, -0.05) is 0 Å². The Morgan fingerprint density at radius 2 is 2.24 bits per heavy atom. The van der Waals surface area contributed by atoms with Crippen LogP contribution in [0.3, 0.4) is 0 Å². The van der Waals surface area contributed by atoms with Gasteiger partial charge >= 0.3 is 6.09 Å². The first-order chi connectivity index (χ1) is 11.7. The SMILES string of the molecule is CC(=O)NCC1CN(c2ccc(C3=CS(O)(O)CC3)c(F)c2)C(=O)O1. The van der Waals surface area contributed by atoms with Gasteiger partial charge in [0.1, 0.15) is 11.9 Å². The molecule has 2 aliphatic rings. The summed E-state index contributed by atoms with van der Waals surface area (Å²) in [4.78, 5) is 24.2. The molecule has 1 fully saturated rings. The third-order valence-corrected chi connectivity index (χ3v) is 5.53. The normalized spacial score (nSPS) is 23.2. The molecule has 2 aliphatic heterocycles. The van der Waals surface area contributed by atoms with Gasteiger partial charge in [-0.25, -0.2) is 9.18 Å². The molecule has 0 spiro atoms. The highest BCUT2D eigenvalue weighted by molar-refractivity contribution is 8.27. The molecule has 0 aliphatic carbocycles. The Kier molecular flexibility index (Phi) is 4.72. The second-order valence-electron chi connectivity index (χ2n) is 6.03. The Labute approximate surface area is 145 Å². The predicted molar refractivity (Wildman–Crippen MR) is 93.0 cm³/mol. The third kappa shape index (κ3) is 3.94. The van der Waals surface area contributed by atoms with Crippen molar-refractivity contribution in [1.82, 2.24) is 5.32 Å². The number of amides is 2. The molecule has 1 aromatic rings. The lowest BCUT2D eigenvalue weighted by Gasteiger charge is -2.22. The van der Waals surface area contributed by atoms with Crippen LogP contribution in [-0.2, 0) is 9.53 Å². The first kappa shape index (κ1) is 17.7. The number of halogens is 1. The molecule has 25 heavy (non-hydrogen) atoms. The number of nitrogens with zero attached hydrogens (tertiary/aromatic N) is 1. The van der Waals surface area contributed by atoms with E-state index < -0.39 is 28.6 Å².